The number of carbonyl (C=O) groups excluding carboxylic acids is 4. The molecule has 23 heteroatoms. The number of likely N-dealkylation sites (tertiary alicyclic amines) is 2. The van der Waals surface area contributed by atoms with Gasteiger partial charge in [-0.05, 0) is 81.9 Å². The molecule has 4 aliphatic heterocycles. The van der Waals surface area contributed by atoms with Crippen molar-refractivity contribution in [1.29, 1.82) is 0 Å². The fourth-order valence-corrected chi connectivity index (χ4v) is 11.0. The minimum atomic E-state index is -0.563. The van der Waals surface area contributed by atoms with E-state index in [0.29, 0.717) is 119 Å². The molecule has 3 N–H and O–H groups in total. The summed E-state index contributed by atoms with van der Waals surface area (Å²) in [6.45, 7) is 9.79. The molecule has 5 amide bonds. The molecule has 0 bridgehead atoms. The van der Waals surface area contributed by atoms with Crippen LogP contribution in [0.4, 0.5) is 31.3 Å². The number of aromatic nitrogens is 8. The van der Waals surface area contributed by atoms with Crippen LogP contribution in [0.2, 0.25) is 5.02 Å². The van der Waals surface area contributed by atoms with Crippen LogP contribution in [0, 0.1) is 11.7 Å². The van der Waals surface area contributed by atoms with Gasteiger partial charge in [-0.2, -0.15) is 10.2 Å². The summed E-state index contributed by atoms with van der Waals surface area (Å²) in [5.41, 5.74) is 10.5. The second kappa shape index (κ2) is 19.2. The van der Waals surface area contributed by atoms with Gasteiger partial charge >= 0.3 is 12.1 Å². The van der Waals surface area contributed by atoms with Crippen molar-refractivity contribution < 1.29 is 32.8 Å². The predicted molar refractivity (Wildman–Crippen MR) is 265 cm³/mol. The molecule has 4 saturated heterocycles. The third-order valence-corrected chi connectivity index (χ3v) is 15.2. The maximum atomic E-state index is 16.1. The molecule has 0 unspecified atom stereocenters. The number of nitrogen functional groups attached to an aromatic ring is 1. The van der Waals surface area contributed by atoms with E-state index in [1.807, 2.05) is 35.8 Å². The molecular formula is C49H57ClFN15O6. The van der Waals surface area contributed by atoms with E-state index in [1.54, 1.807) is 29.0 Å². The molecule has 5 aliphatic rings. The third-order valence-electron chi connectivity index (χ3n) is 14.9. The van der Waals surface area contributed by atoms with Gasteiger partial charge in [0.1, 0.15) is 22.7 Å². The van der Waals surface area contributed by atoms with Gasteiger partial charge in [0.15, 0.2) is 29.8 Å². The van der Waals surface area contributed by atoms with Crippen LogP contribution in [0.15, 0.2) is 35.2 Å². The fraction of sp³-hybridized carbons (Fsp3) is 0.510. The van der Waals surface area contributed by atoms with Crippen molar-refractivity contribution in [1.82, 2.24) is 59.7 Å². The highest BCUT2D eigenvalue weighted by Crippen LogP contribution is 2.48. The summed E-state index contributed by atoms with van der Waals surface area (Å²) in [6, 6.07) is 2.96. The first kappa shape index (κ1) is 47.4. The number of halogens is 2. The zero-order chi connectivity index (χ0) is 49.9. The van der Waals surface area contributed by atoms with Crippen molar-refractivity contribution >= 4 is 74.7 Å². The van der Waals surface area contributed by atoms with E-state index in [1.165, 1.54) is 15.8 Å². The molecule has 1 aliphatic carbocycles. The number of ether oxygens (including phenoxy) is 1. The van der Waals surface area contributed by atoms with Crippen LogP contribution >= 0.6 is 11.6 Å². The minimum absolute atomic E-state index is 0.0144. The van der Waals surface area contributed by atoms with Crippen LogP contribution < -0.4 is 20.9 Å². The van der Waals surface area contributed by atoms with E-state index in [2.05, 4.69) is 25.5 Å². The van der Waals surface area contributed by atoms with Gasteiger partial charge in [-0.1, -0.05) is 16.8 Å². The normalized spacial score (nSPS) is 18.8. The van der Waals surface area contributed by atoms with Gasteiger partial charge in [0.25, 0.3) is 5.91 Å². The largest absolute Gasteiger partial charge is 0.439 e. The summed E-state index contributed by atoms with van der Waals surface area (Å²) >= 11 is 6.64. The van der Waals surface area contributed by atoms with Crippen LogP contribution in [0.3, 0.4) is 0 Å². The van der Waals surface area contributed by atoms with Crippen molar-refractivity contribution in [3.05, 3.63) is 52.9 Å². The number of hydrogen-bond donors (Lipinski definition) is 2. The Labute approximate surface area is 418 Å². The van der Waals surface area contributed by atoms with Crippen LogP contribution in [0.1, 0.15) is 88.0 Å². The number of anilines is 3. The minimum Gasteiger partial charge on any atom is -0.439 e. The number of aryl methyl sites for hydroxylation is 1. The summed E-state index contributed by atoms with van der Waals surface area (Å²) in [5.74, 6) is 1.64. The number of amides is 5. The average molecular weight is 1010 g/mol. The first-order valence-corrected chi connectivity index (χ1v) is 25.3. The zero-order valence-corrected chi connectivity index (χ0v) is 41.3. The van der Waals surface area contributed by atoms with Gasteiger partial charge in [0.2, 0.25) is 5.91 Å². The smallest absolute Gasteiger partial charge is 0.410 e. The Bertz CT molecular complexity index is 3070. The summed E-state index contributed by atoms with van der Waals surface area (Å²) < 4.78 is 30.9. The number of piperazine rings is 1. The molecule has 0 atom stereocenters. The Balaban J connectivity index is 0.633. The van der Waals surface area contributed by atoms with Gasteiger partial charge in [-0.15, -0.1) is 0 Å². The van der Waals surface area contributed by atoms with Crippen molar-refractivity contribution in [3.8, 4) is 22.8 Å². The summed E-state index contributed by atoms with van der Waals surface area (Å²) in [6.07, 6.45) is 9.90. The van der Waals surface area contributed by atoms with E-state index in [0.717, 1.165) is 56.6 Å². The van der Waals surface area contributed by atoms with Crippen LogP contribution in [-0.4, -0.2) is 150 Å². The van der Waals surface area contributed by atoms with Crippen molar-refractivity contribution in [2.75, 3.05) is 87.6 Å². The number of nitrogens with one attached hydrogen (secondary N) is 1. The van der Waals surface area contributed by atoms with Crippen molar-refractivity contribution in [2.24, 2.45) is 13.0 Å². The van der Waals surface area contributed by atoms with Gasteiger partial charge in [0.05, 0.1) is 33.4 Å². The third kappa shape index (κ3) is 8.91. The second-order valence-corrected chi connectivity index (χ2v) is 20.3. The molecule has 5 aromatic heterocycles. The molecule has 21 nitrogen and oxygen atoms in total. The van der Waals surface area contributed by atoms with Crippen molar-refractivity contribution in [3.63, 3.8) is 0 Å². The highest BCUT2D eigenvalue weighted by Gasteiger charge is 2.37. The number of piperidine rings is 2. The van der Waals surface area contributed by atoms with E-state index in [4.69, 9.17) is 41.7 Å². The Morgan fingerprint density at radius 2 is 1.60 bits per heavy atom. The van der Waals surface area contributed by atoms with Gasteiger partial charge in [0, 0.05) is 109 Å². The second-order valence-electron chi connectivity index (χ2n) is 19.9. The highest BCUT2D eigenvalue weighted by atomic mass is 35.5. The number of pyridine rings is 1. The lowest BCUT2D eigenvalue weighted by Gasteiger charge is -2.39. The lowest BCUT2D eigenvalue weighted by atomic mass is 9.91. The molecule has 9 heterocycles. The first-order valence-electron chi connectivity index (χ1n) is 24.9. The highest BCUT2D eigenvalue weighted by molar-refractivity contribution is 6.35. The molecular weight excluding hydrogens is 949 g/mol. The monoisotopic (exact) mass is 1010 g/mol. The molecule has 6 aromatic rings. The first-order chi connectivity index (χ1) is 34.8. The van der Waals surface area contributed by atoms with Crippen LogP contribution in [0.5, 0.6) is 0 Å². The number of fused-ring (bicyclic) bond motifs is 2. The number of urea groups is 1. The molecule has 0 radical (unpaired) electrons. The Kier molecular flexibility index (Phi) is 12.7. The van der Waals surface area contributed by atoms with Gasteiger partial charge < -0.3 is 29.7 Å². The standard InChI is InChI=1S/C49H57ClFN15O6/c1-27(2)66-43-33(50)24-53-45(52)37(43)40(57-66)41-38(44(72-59-41)30-4-5-30)46-54-22-31(23-55-46)29-10-15-64(16-11-29)49(70)71-26-36(68)63-13-8-28(9-14-63)25-61-18-20-62(21-19-61)34-7-6-32-42(39(34)51)60(3)58-47(32)65-17-12-35(67)56-48(65)69/h6-7,22-24,27-30H,4-5,8-21,25-26H2,1-3H3,(H2,52,53)(H,56,67,69). The molecule has 5 fully saturated rings. The average Bonchev–Trinajstić information content (AvgIpc) is 3.85. The molecule has 72 heavy (non-hydrogen) atoms. The molecule has 0 spiro atoms. The quantitative estimate of drug-likeness (QED) is 0.150. The lowest BCUT2D eigenvalue weighted by molar-refractivity contribution is -0.136. The van der Waals surface area contributed by atoms with E-state index >= 15 is 4.39 Å². The topological polar surface area (TPSA) is 232 Å². The molecule has 11 rings (SSSR count). The molecule has 1 aromatic carbocycles. The van der Waals surface area contributed by atoms with Gasteiger partial charge in [-0.25, -0.2) is 28.9 Å². The van der Waals surface area contributed by atoms with Crippen LogP contribution in [0.25, 0.3) is 44.6 Å². The summed E-state index contributed by atoms with van der Waals surface area (Å²) in [4.78, 5) is 73.9. The zero-order valence-electron chi connectivity index (χ0n) is 40.5. The number of carbonyl (C=O) groups is 4. The maximum absolute atomic E-state index is 16.1. The number of nitrogens with two attached hydrogens (primary N) is 1. The fourth-order valence-electron chi connectivity index (χ4n) is 10.8. The Morgan fingerprint density at radius 1 is 0.875 bits per heavy atom. The molecule has 1 saturated carbocycles. The number of benzene rings is 1. The molecule has 378 valence electrons. The summed E-state index contributed by atoms with van der Waals surface area (Å²) in [7, 11) is 1.65. The maximum Gasteiger partial charge on any atom is 0.410 e. The Hall–Kier alpha value is -6.94. The van der Waals surface area contributed by atoms with E-state index in [9.17, 15) is 19.2 Å². The van der Waals surface area contributed by atoms with E-state index < -0.39 is 17.9 Å². The van der Waals surface area contributed by atoms with Gasteiger partial charge in [-0.3, -0.25) is 34.1 Å². The SMILES string of the molecule is CC(C)n1nc(-c2noc(C3CC3)c2-c2ncc(C3CCN(C(=O)OCC(=O)N4CCC(CN5CCN(c6ccc7c(N8CCC(=O)NC8=O)nn(C)c7c6F)CC5)CC4)CC3)cn2)c2c(N)ncc(Cl)c21. The number of imide groups is 1. The number of rotatable bonds is 11. The Morgan fingerprint density at radius 3 is 2.29 bits per heavy atom. The summed E-state index contributed by atoms with van der Waals surface area (Å²) in [5, 5.41) is 17.7. The number of hydrogen-bond acceptors (Lipinski definition) is 15. The van der Waals surface area contributed by atoms with Crippen molar-refractivity contribution in [2.45, 2.75) is 76.7 Å². The lowest BCUT2D eigenvalue weighted by Crippen LogP contribution is -2.50. The number of nitrogens with zero attached hydrogens (tertiary/aromatic N) is 13. The van der Waals surface area contributed by atoms with E-state index in [-0.39, 0.29) is 55.1 Å². The predicted octanol–water partition coefficient (Wildman–Crippen LogP) is 6.09. The van der Waals surface area contributed by atoms with Crippen LogP contribution in [-0.2, 0) is 21.4 Å².